The van der Waals surface area contributed by atoms with Gasteiger partial charge in [0.15, 0.2) is 5.75 Å². The van der Waals surface area contributed by atoms with Crippen LogP contribution in [0.15, 0.2) is 18.2 Å². The molecule has 1 aromatic rings. The van der Waals surface area contributed by atoms with Crippen LogP contribution in [-0.2, 0) is 6.54 Å². The van der Waals surface area contributed by atoms with Crippen molar-refractivity contribution < 1.29 is 9.66 Å². The number of hydrogen-bond donors (Lipinski definition) is 1. The van der Waals surface area contributed by atoms with E-state index in [-0.39, 0.29) is 5.69 Å². The van der Waals surface area contributed by atoms with Crippen molar-refractivity contribution in [1.82, 2.24) is 5.32 Å². The van der Waals surface area contributed by atoms with Crippen LogP contribution in [0, 0.1) is 16.0 Å². The molecule has 21 heavy (non-hydrogen) atoms. The van der Waals surface area contributed by atoms with Crippen molar-refractivity contribution in [2.45, 2.75) is 51.6 Å². The van der Waals surface area contributed by atoms with E-state index in [2.05, 4.69) is 12.2 Å². The van der Waals surface area contributed by atoms with Gasteiger partial charge in [0.1, 0.15) is 0 Å². The second-order valence-corrected chi connectivity index (χ2v) is 5.78. The van der Waals surface area contributed by atoms with Crippen molar-refractivity contribution in [3.63, 3.8) is 0 Å². The summed E-state index contributed by atoms with van der Waals surface area (Å²) in [6, 6.07) is 5.69. The van der Waals surface area contributed by atoms with E-state index in [0.29, 0.717) is 18.3 Å². The maximum Gasteiger partial charge on any atom is 0.311 e. The molecule has 5 heteroatoms. The Labute approximate surface area is 125 Å². The Bertz CT molecular complexity index is 490. The first kappa shape index (κ1) is 15.8. The first-order chi connectivity index (χ1) is 10.1. The standard InChI is InChI=1S/C16H24N2O3/c1-3-12-5-4-6-14(9-12)17-11-13-7-8-16(21-2)15(10-13)18(19)20/h7-8,10,12,14,17H,3-6,9,11H2,1-2H3. The highest BCUT2D eigenvalue weighted by atomic mass is 16.6. The van der Waals surface area contributed by atoms with E-state index in [9.17, 15) is 10.1 Å². The summed E-state index contributed by atoms with van der Waals surface area (Å²) < 4.78 is 5.02. The van der Waals surface area contributed by atoms with Crippen LogP contribution in [0.4, 0.5) is 5.69 Å². The Kier molecular flexibility index (Phi) is 5.56. The van der Waals surface area contributed by atoms with Crippen molar-refractivity contribution in [3.8, 4) is 5.75 Å². The monoisotopic (exact) mass is 292 g/mol. The molecule has 1 N–H and O–H groups in total. The summed E-state index contributed by atoms with van der Waals surface area (Å²) in [4.78, 5) is 10.6. The summed E-state index contributed by atoms with van der Waals surface area (Å²) in [5, 5.41) is 14.6. The number of hydrogen-bond acceptors (Lipinski definition) is 4. The number of nitro groups is 1. The van der Waals surface area contributed by atoms with Crippen LogP contribution in [0.25, 0.3) is 0 Å². The molecule has 1 fully saturated rings. The normalized spacial score (nSPS) is 22.0. The molecule has 0 aliphatic heterocycles. The maximum absolute atomic E-state index is 11.0. The van der Waals surface area contributed by atoms with Gasteiger partial charge in [0.05, 0.1) is 12.0 Å². The Balaban J connectivity index is 1.97. The number of nitrogens with zero attached hydrogens (tertiary/aromatic N) is 1. The molecule has 2 rings (SSSR count). The van der Waals surface area contributed by atoms with Crippen LogP contribution >= 0.6 is 0 Å². The third-order valence-corrected chi connectivity index (χ3v) is 4.39. The van der Waals surface area contributed by atoms with Crippen LogP contribution in [0.2, 0.25) is 0 Å². The van der Waals surface area contributed by atoms with Crippen molar-refractivity contribution in [2.75, 3.05) is 7.11 Å². The van der Waals surface area contributed by atoms with Gasteiger partial charge in [0, 0.05) is 18.7 Å². The lowest BCUT2D eigenvalue weighted by molar-refractivity contribution is -0.385. The highest BCUT2D eigenvalue weighted by Gasteiger charge is 2.21. The van der Waals surface area contributed by atoms with E-state index in [4.69, 9.17) is 4.74 Å². The summed E-state index contributed by atoms with van der Waals surface area (Å²) in [5.41, 5.74) is 0.966. The zero-order valence-electron chi connectivity index (χ0n) is 12.8. The molecule has 2 unspecified atom stereocenters. The molecule has 0 bridgehead atoms. The van der Waals surface area contributed by atoms with Gasteiger partial charge in [-0.05, 0) is 30.4 Å². The molecule has 0 amide bonds. The highest BCUT2D eigenvalue weighted by molar-refractivity contribution is 5.48. The number of ether oxygens (including phenoxy) is 1. The highest BCUT2D eigenvalue weighted by Crippen LogP contribution is 2.29. The number of benzene rings is 1. The summed E-state index contributed by atoms with van der Waals surface area (Å²) in [5.74, 6) is 1.13. The summed E-state index contributed by atoms with van der Waals surface area (Å²) >= 11 is 0. The predicted octanol–water partition coefficient (Wildman–Crippen LogP) is 3.66. The first-order valence-corrected chi connectivity index (χ1v) is 7.68. The predicted molar refractivity (Wildman–Crippen MR) is 82.5 cm³/mol. The lowest BCUT2D eigenvalue weighted by atomic mass is 9.84. The molecule has 0 aromatic heterocycles. The minimum absolute atomic E-state index is 0.0341. The van der Waals surface area contributed by atoms with Crippen molar-refractivity contribution >= 4 is 5.69 Å². The minimum atomic E-state index is -0.393. The third kappa shape index (κ3) is 4.17. The molecular formula is C16H24N2O3. The van der Waals surface area contributed by atoms with Gasteiger partial charge in [0.25, 0.3) is 0 Å². The Morgan fingerprint density at radius 2 is 2.24 bits per heavy atom. The number of methoxy groups -OCH3 is 1. The van der Waals surface area contributed by atoms with Crippen LogP contribution in [-0.4, -0.2) is 18.1 Å². The Hall–Kier alpha value is -1.62. The SMILES string of the molecule is CCC1CCCC(NCc2ccc(OC)c([N+](=O)[O-])c2)C1. The van der Waals surface area contributed by atoms with E-state index >= 15 is 0 Å². The van der Waals surface area contributed by atoms with Crippen molar-refractivity contribution in [2.24, 2.45) is 5.92 Å². The fourth-order valence-corrected chi connectivity index (χ4v) is 3.10. The fraction of sp³-hybridized carbons (Fsp3) is 0.625. The zero-order valence-corrected chi connectivity index (χ0v) is 12.8. The number of nitrogens with one attached hydrogen (secondary N) is 1. The lowest BCUT2D eigenvalue weighted by Crippen LogP contribution is -2.33. The summed E-state index contributed by atoms with van der Waals surface area (Å²) in [6.07, 6.45) is 6.28. The van der Waals surface area contributed by atoms with Gasteiger partial charge in [-0.3, -0.25) is 10.1 Å². The number of nitro benzene ring substituents is 1. The molecule has 1 aliphatic rings. The molecule has 0 spiro atoms. The molecule has 5 nitrogen and oxygen atoms in total. The molecule has 0 saturated heterocycles. The smallest absolute Gasteiger partial charge is 0.311 e. The number of rotatable bonds is 6. The van der Waals surface area contributed by atoms with Gasteiger partial charge in [-0.15, -0.1) is 0 Å². The Morgan fingerprint density at radius 1 is 1.43 bits per heavy atom. The molecule has 1 saturated carbocycles. The van der Waals surface area contributed by atoms with Crippen LogP contribution < -0.4 is 10.1 Å². The summed E-state index contributed by atoms with van der Waals surface area (Å²) in [6.45, 7) is 2.92. The molecule has 0 radical (unpaired) electrons. The molecule has 0 heterocycles. The average molecular weight is 292 g/mol. The molecule has 2 atom stereocenters. The van der Waals surface area contributed by atoms with Crippen LogP contribution in [0.5, 0.6) is 5.75 Å². The van der Waals surface area contributed by atoms with E-state index in [0.717, 1.165) is 11.5 Å². The molecular weight excluding hydrogens is 268 g/mol. The van der Waals surface area contributed by atoms with Crippen molar-refractivity contribution in [3.05, 3.63) is 33.9 Å². The molecule has 1 aromatic carbocycles. The second kappa shape index (κ2) is 7.41. The minimum Gasteiger partial charge on any atom is -0.490 e. The maximum atomic E-state index is 11.0. The first-order valence-electron chi connectivity index (χ1n) is 7.68. The molecule has 116 valence electrons. The summed E-state index contributed by atoms with van der Waals surface area (Å²) in [7, 11) is 1.45. The van der Waals surface area contributed by atoms with Gasteiger partial charge in [-0.2, -0.15) is 0 Å². The zero-order chi connectivity index (χ0) is 15.2. The molecule has 1 aliphatic carbocycles. The lowest BCUT2D eigenvalue weighted by Gasteiger charge is -2.29. The quantitative estimate of drug-likeness (QED) is 0.642. The van der Waals surface area contributed by atoms with E-state index in [1.54, 1.807) is 12.1 Å². The van der Waals surface area contributed by atoms with Crippen LogP contribution in [0.1, 0.15) is 44.6 Å². The average Bonchev–Trinajstić information content (AvgIpc) is 2.52. The van der Waals surface area contributed by atoms with Crippen molar-refractivity contribution in [1.29, 1.82) is 0 Å². The topological polar surface area (TPSA) is 64.4 Å². The largest absolute Gasteiger partial charge is 0.490 e. The van der Waals surface area contributed by atoms with E-state index in [1.807, 2.05) is 6.07 Å². The third-order valence-electron chi connectivity index (χ3n) is 4.39. The van der Waals surface area contributed by atoms with E-state index < -0.39 is 4.92 Å². The van der Waals surface area contributed by atoms with Gasteiger partial charge < -0.3 is 10.1 Å². The van der Waals surface area contributed by atoms with Gasteiger partial charge in [-0.25, -0.2) is 0 Å². The van der Waals surface area contributed by atoms with E-state index in [1.165, 1.54) is 39.2 Å². The fourth-order valence-electron chi connectivity index (χ4n) is 3.10. The van der Waals surface area contributed by atoms with Gasteiger partial charge in [0.2, 0.25) is 0 Å². The Morgan fingerprint density at radius 3 is 2.90 bits per heavy atom. The van der Waals surface area contributed by atoms with Gasteiger partial charge >= 0.3 is 5.69 Å². The van der Waals surface area contributed by atoms with Gasteiger partial charge in [-0.1, -0.05) is 32.3 Å². The second-order valence-electron chi connectivity index (χ2n) is 5.78. The van der Waals surface area contributed by atoms with Crippen LogP contribution in [0.3, 0.4) is 0 Å².